The highest BCUT2D eigenvalue weighted by Crippen LogP contribution is 2.00. The van der Waals surface area contributed by atoms with Gasteiger partial charge in [0.2, 0.25) is 11.9 Å². The summed E-state index contributed by atoms with van der Waals surface area (Å²) in [4.78, 5) is 18.2. The third-order valence-corrected chi connectivity index (χ3v) is 1.48. The summed E-state index contributed by atoms with van der Waals surface area (Å²) >= 11 is 0. The zero-order valence-electron chi connectivity index (χ0n) is 7.95. The molecule has 0 radical (unpaired) electrons. The zero-order chi connectivity index (χ0) is 10.4. The van der Waals surface area contributed by atoms with Crippen molar-refractivity contribution in [2.24, 2.45) is 0 Å². The van der Waals surface area contributed by atoms with Crippen molar-refractivity contribution in [1.29, 1.82) is 0 Å². The van der Waals surface area contributed by atoms with Crippen LogP contribution in [0, 0.1) is 0 Å². The Morgan fingerprint density at radius 2 is 2.36 bits per heavy atom. The van der Waals surface area contributed by atoms with Gasteiger partial charge in [-0.1, -0.05) is 0 Å². The van der Waals surface area contributed by atoms with Gasteiger partial charge in [-0.05, 0) is 6.07 Å². The molecule has 0 aliphatic rings. The van der Waals surface area contributed by atoms with Crippen LogP contribution in [-0.2, 0) is 4.79 Å². The summed E-state index contributed by atoms with van der Waals surface area (Å²) in [6, 6.07) is 1.71. The largest absolute Gasteiger partial charge is 0.368 e. The Kier molecular flexibility index (Phi) is 3.66. The minimum Gasteiger partial charge on any atom is -0.368 e. The number of nitrogens with zero attached hydrogens (tertiary/aromatic N) is 2. The first-order valence-corrected chi connectivity index (χ1v) is 4.25. The van der Waals surface area contributed by atoms with Gasteiger partial charge >= 0.3 is 0 Å². The first-order valence-electron chi connectivity index (χ1n) is 4.25. The second-order valence-electron chi connectivity index (χ2n) is 2.71. The third-order valence-electron chi connectivity index (χ3n) is 1.48. The van der Waals surface area contributed by atoms with Crippen LogP contribution in [0.25, 0.3) is 0 Å². The Hall–Kier alpha value is -1.85. The van der Waals surface area contributed by atoms with Gasteiger partial charge < -0.3 is 16.4 Å². The molecule has 1 rings (SSSR count). The van der Waals surface area contributed by atoms with Gasteiger partial charge in [0.1, 0.15) is 5.82 Å². The molecule has 0 spiro atoms. The number of carbonyl (C=O) groups excluding carboxylic acids is 1. The molecule has 6 heteroatoms. The topological polar surface area (TPSA) is 92.9 Å². The molecule has 6 nitrogen and oxygen atoms in total. The normalized spacial score (nSPS) is 9.50. The Morgan fingerprint density at radius 3 is 3.00 bits per heavy atom. The van der Waals surface area contributed by atoms with Crippen LogP contribution in [0.2, 0.25) is 0 Å². The second-order valence-corrected chi connectivity index (χ2v) is 2.71. The first-order chi connectivity index (χ1) is 6.68. The maximum atomic E-state index is 10.5. The van der Waals surface area contributed by atoms with E-state index in [1.54, 1.807) is 12.3 Å². The SMILES string of the molecule is CC(=O)NCCNc1ccnc(N)n1. The molecule has 1 amide bonds. The first kappa shape index (κ1) is 10.2. The van der Waals surface area contributed by atoms with E-state index < -0.39 is 0 Å². The van der Waals surface area contributed by atoms with Crippen molar-refractivity contribution in [1.82, 2.24) is 15.3 Å². The molecule has 0 aliphatic carbocycles. The standard InChI is InChI=1S/C8H13N5O/c1-6(14)10-4-5-11-7-2-3-12-8(9)13-7/h2-3H,4-5H2,1H3,(H,10,14)(H3,9,11,12,13). The van der Waals surface area contributed by atoms with Crippen LogP contribution >= 0.6 is 0 Å². The van der Waals surface area contributed by atoms with E-state index in [0.29, 0.717) is 18.9 Å². The lowest BCUT2D eigenvalue weighted by atomic mass is 10.5. The predicted molar refractivity (Wildman–Crippen MR) is 53.6 cm³/mol. The number of anilines is 2. The molecule has 0 fully saturated rings. The van der Waals surface area contributed by atoms with E-state index in [0.717, 1.165) is 0 Å². The van der Waals surface area contributed by atoms with E-state index in [1.807, 2.05) is 0 Å². The van der Waals surface area contributed by atoms with E-state index in [-0.39, 0.29) is 11.9 Å². The lowest BCUT2D eigenvalue weighted by Crippen LogP contribution is -2.26. The van der Waals surface area contributed by atoms with Crippen LogP contribution in [0.1, 0.15) is 6.92 Å². The fraction of sp³-hybridized carbons (Fsp3) is 0.375. The van der Waals surface area contributed by atoms with Crippen LogP contribution < -0.4 is 16.4 Å². The maximum absolute atomic E-state index is 10.5. The molecule has 0 saturated heterocycles. The van der Waals surface area contributed by atoms with Crippen LogP contribution in [0.4, 0.5) is 11.8 Å². The molecule has 76 valence electrons. The quantitative estimate of drug-likeness (QED) is 0.569. The van der Waals surface area contributed by atoms with Gasteiger partial charge in [-0.15, -0.1) is 0 Å². The molecule has 14 heavy (non-hydrogen) atoms. The van der Waals surface area contributed by atoms with Gasteiger partial charge in [-0.25, -0.2) is 4.98 Å². The van der Waals surface area contributed by atoms with Crippen molar-refractivity contribution in [3.8, 4) is 0 Å². The molecular weight excluding hydrogens is 182 g/mol. The van der Waals surface area contributed by atoms with Gasteiger partial charge in [-0.3, -0.25) is 4.79 Å². The molecule has 0 saturated carbocycles. The molecule has 0 aliphatic heterocycles. The fourth-order valence-electron chi connectivity index (χ4n) is 0.901. The molecule has 4 N–H and O–H groups in total. The molecule has 1 heterocycles. The van der Waals surface area contributed by atoms with Crippen molar-refractivity contribution in [3.63, 3.8) is 0 Å². The summed E-state index contributed by atoms with van der Waals surface area (Å²) in [5.74, 6) is 0.839. The van der Waals surface area contributed by atoms with E-state index in [2.05, 4.69) is 20.6 Å². The van der Waals surface area contributed by atoms with Crippen molar-refractivity contribution >= 4 is 17.7 Å². The van der Waals surface area contributed by atoms with E-state index in [4.69, 9.17) is 5.73 Å². The molecule has 0 bridgehead atoms. The summed E-state index contributed by atoms with van der Waals surface area (Å²) in [7, 11) is 0. The number of nitrogen functional groups attached to an aromatic ring is 1. The van der Waals surface area contributed by atoms with E-state index in [9.17, 15) is 4.79 Å². The Balaban J connectivity index is 2.28. The number of rotatable bonds is 4. The summed E-state index contributed by atoms with van der Waals surface area (Å²) in [6.07, 6.45) is 1.57. The highest BCUT2D eigenvalue weighted by atomic mass is 16.1. The van der Waals surface area contributed by atoms with Crippen molar-refractivity contribution in [3.05, 3.63) is 12.3 Å². The number of amides is 1. The zero-order valence-corrected chi connectivity index (χ0v) is 7.95. The average Bonchev–Trinajstić information content (AvgIpc) is 2.12. The van der Waals surface area contributed by atoms with Gasteiger partial charge in [0.05, 0.1) is 0 Å². The van der Waals surface area contributed by atoms with Crippen molar-refractivity contribution in [2.75, 3.05) is 24.1 Å². The van der Waals surface area contributed by atoms with Gasteiger partial charge in [0.25, 0.3) is 0 Å². The van der Waals surface area contributed by atoms with Crippen molar-refractivity contribution < 1.29 is 4.79 Å². The average molecular weight is 195 g/mol. The molecule has 1 aromatic heterocycles. The van der Waals surface area contributed by atoms with Gasteiger partial charge in [0, 0.05) is 26.2 Å². The number of hydrogen-bond donors (Lipinski definition) is 3. The molecular formula is C8H13N5O. The third kappa shape index (κ3) is 3.70. The Bertz CT molecular complexity index is 314. The molecule has 0 unspecified atom stereocenters. The number of aromatic nitrogens is 2. The summed E-state index contributed by atoms with van der Waals surface area (Å²) < 4.78 is 0. The van der Waals surface area contributed by atoms with E-state index >= 15 is 0 Å². The highest BCUT2D eigenvalue weighted by Gasteiger charge is 1.94. The van der Waals surface area contributed by atoms with E-state index in [1.165, 1.54) is 6.92 Å². The van der Waals surface area contributed by atoms with Crippen LogP contribution in [0.15, 0.2) is 12.3 Å². The Morgan fingerprint density at radius 1 is 1.57 bits per heavy atom. The fourth-order valence-corrected chi connectivity index (χ4v) is 0.901. The minimum absolute atomic E-state index is 0.0472. The number of carbonyl (C=O) groups is 1. The van der Waals surface area contributed by atoms with Crippen LogP contribution in [0.3, 0.4) is 0 Å². The highest BCUT2D eigenvalue weighted by molar-refractivity contribution is 5.72. The summed E-state index contributed by atoms with van der Waals surface area (Å²) in [5, 5.41) is 5.65. The predicted octanol–water partition coefficient (Wildman–Crippen LogP) is -0.393. The smallest absolute Gasteiger partial charge is 0.221 e. The maximum Gasteiger partial charge on any atom is 0.221 e. The monoisotopic (exact) mass is 195 g/mol. The lowest BCUT2D eigenvalue weighted by molar-refractivity contribution is -0.118. The summed E-state index contributed by atoms with van der Waals surface area (Å²) in [6.45, 7) is 2.64. The van der Waals surface area contributed by atoms with Crippen molar-refractivity contribution in [2.45, 2.75) is 6.92 Å². The molecule has 0 atom stereocenters. The minimum atomic E-state index is -0.0472. The number of nitrogens with two attached hydrogens (primary N) is 1. The molecule has 0 aromatic carbocycles. The number of hydrogen-bond acceptors (Lipinski definition) is 5. The Labute approximate surface area is 81.9 Å². The number of nitrogens with one attached hydrogen (secondary N) is 2. The van der Waals surface area contributed by atoms with Gasteiger partial charge in [0.15, 0.2) is 0 Å². The molecule has 1 aromatic rings. The van der Waals surface area contributed by atoms with Crippen LogP contribution in [-0.4, -0.2) is 29.0 Å². The summed E-state index contributed by atoms with van der Waals surface area (Å²) in [5.41, 5.74) is 5.38. The lowest BCUT2D eigenvalue weighted by Gasteiger charge is -2.05. The second kappa shape index (κ2) is 5.00. The van der Waals surface area contributed by atoms with Gasteiger partial charge in [-0.2, -0.15) is 4.98 Å². The van der Waals surface area contributed by atoms with Crippen LogP contribution in [0.5, 0.6) is 0 Å².